The van der Waals surface area contributed by atoms with Gasteiger partial charge in [-0.3, -0.25) is 0 Å². The Morgan fingerprint density at radius 1 is 1.15 bits per heavy atom. The predicted molar refractivity (Wildman–Crippen MR) is 77.5 cm³/mol. The average molecular weight is 275 g/mol. The lowest BCUT2D eigenvalue weighted by Gasteiger charge is -2.11. The Bertz CT molecular complexity index is 633. The summed E-state index contributed by atoms with van der Waals surface area (Å²) in [4.78, 5) is 8.42. The molecular formula is C15H18FN3O. The lowest BCUT2D eigenvalue weighted by atomic mass is 10.1. The molecule has 0 unspecified atom stereocenters. The summed E-state index contributed by atoms with van der Waals surface area (Å²) in [5.74, 6) is 0.492. The summed E-state index contributed by atoms with van der Waals surface area (Å²) in [6.45, 7) is 7.70. The first-order valence-corrected chi connectivity index (χ1v) is 6.52. The third kappa shape index (κ3) is 2.57. The Morgan fingerprint density at radius 3 is 2.30 bits per heavy atom. The Kier molecular flexibility index (Phi) is 3.88. The highest BCUT2D eigenvalue weighted by molar-refractivity contribution is 5.62. The lowest BCUT2D eigenvalue weighted by Crippen LogP contribution is -2.07. The number of phenolic OH excluding ortho intramolecular Hbond substituents is 1. The van der Waals surface area contributed by atoms with Gasteiger partial charge in [0.05, 0.1) is 5.69 Å². The summed E-state index contributed by atoms with van der Waals surface area (Å²) in [6, 6.07) is 3.59. The van der Waals surface area contributed by atoms with Crippen LogP contribution in [0.1, 0.15) is 23.7 Å². The van der Waals surface area contributed by atoms with Crippen LogP contribution in [0.4, 0.5) is 10.2 Å². The number of benzene rings is 1. The Hall–Kier alpha value is -2.17. The minimum absolute atomic E-state index is 0.207. The highest BCUT2D eigenvalue weighted by Crippen LogP contribution is 2.28. The van der Waals surface area contributed by atoms with E-state index in [4.69, 9.17) is 0 Å². The second-order valence-electron chi connectivity index (χ2n) is 4.78. The first-order chi connectivity index (χ1) is 9.43. The molecule has 0 fully saturated rings. The summed E-state index contributed by atoms with van der Waals surface area (Å²) in [5.41, 5.74) is 2.56. The summed E-state index contributed by atoms with van der Waals surface area (Å²) in [6.07, 6.45) is 0. The van der Waals surface area contributed by atoms with E-state index in [1.54, 1.807) is 19.1 Å². The van der Waals surface area contributed by atoms with Crippen LogP contribution in [-0.4, -0.2) is 21.6 Å². The zero-order valence-corrected chi connectivity index (χ0v) is 12.1. The van der Waals surface area contributed by atoms with Crippen molar-refractivity contribution >= 4 is 5.82 Å². The van der Waals surface area contributed by atoms with Crippen molar-refractivity contribution in [3.63, 3.8) is 0 Å². The number of hydrogen-bond donors (Lipinski definition) is 2. The van der Waals surface area contributed by atoms with Crippen LogP contribution >= 0.6 is 0 Å². The van der Waals surface area contributed by atoms with Crippen molar-refractivity contribution in [2.24, 2.45) is 0 Å². The Morgan fingerprint density at radius 2 is 1.75 bits per heavy atom. The number of nitrogens with zero attached hydrogens (tertiary/aromatic N) is 2. The van der Waals surface area contributed by atoms with Gasteiger partial charge in [-0.05, 0) is 51.0 Å². The van der Waals surface area contributed by atoms with E-state index in [0.717, 1.165) is 16.7 Å². The molecular weight excluding hydrogens is 257 g/mol. The molecule has 2 rings (SSSR count). The normalized spacial score (nSPS) is 10.7. The van der Waals surface area contributed by atoms with Crippen LogP contribution in [0, 0.1) is 26.6 Å². The van der Waals surface area contributed by atoms with Gasteiger partial charge in [-0.2, -0.15) is 0 Å². The quantitative estimate of drug-likeness (QED) is 0.902. The highest BCUT2D eigenvalue weighted by Gasteiger charge is 2.13. The van der Waals surface area contributed by atoms with Crippen LogP contribution < -0.4 is 5.32 Å². The third-order valence-electron chi connectivity index (χ3n) is 3.11. The second kappa shape index (κ2) is 5.45. The summed E-state index contributed by atoms with van der Waals surface area (Å²) < 4.78 is 13.9. The molecule has 0 aliphatic heterocycles. The SMILES string of the molecule is CCNc1nc(-c2cc(C)c(O)c(C)c2)nc(C)c1F. The molecule has 0 amide bonds. The van der Waals surface area contributed by atoms with E-state index in [1.807, 2.05) is 20.8 Å². The number of aromatic nitrogens is 2. The van der Waals surface area contributed by atoms with E-state index in [9.17, 15) is 9.50 Å². The maximum atomic E-state index is 13.9. The van der Waals surface area contributed by atoms with Gasteiger partial charge in [-0.15, -0.1) is 0 Å². The zero-order valence-electron chi connectivity index (χ0n) is 12.1. The number of hydrogen-bond acceptors (Lipinski definition) is 4. The summed E-state index contributed by atoms with van der Waals surface area (Å²) >= 11 is 0. The molecule has 4 nitrogen and oxygen atoms in total. The first-order valence-electron chi connectivity index (χ1n) is 6.52. The third-order valence-corrected chi connectivity index (χ3v) is 3.11. The fraction of sp³-hybridized carbons (Fsp3) is 0.333. The first kappa shape index (κ1) is 14.2. The smallest absolute Gasteiger partial charge is 0.186 e. The molecule has 1 heterocycles. The van der Waals surface area contributed by atoms with Crippen molar-refractivity contribution < 1.29 is 9.50 Å². The molecule has 0 aliphatic rings. The van der Waals surface area contributed by atoms with Gasteiger partial charge in [0, 0.05) is 12.1 Å². The van der Waals surface area contributed by atoms with E-state index in [0.29, 0.717) is 18.1 Å². The summed E-state index contributed by atoms with van der Waals surface area (Å²) in [7, 11) is 0. The number of aromatic hydroxyl groups is 1. The maximum absolute atomic E-state index is 13.9. The standard InChI is InChI=1S/C15H18FN3O/c1-5-17-15-12(16)10(4)18-14(19-15)11-6-8(2)13(20)9(3)7-11/h6-7,20H,5H2,1-4H3,(H,17,18,19). The van der Waals surface area contributed by atoms with Crippen molar-refractivity contribution in [2.45, 2.75) is 27.7 Å². The molecule has 0 aliphatic carbocycles. The molecule has 0 saturated heterocycles. The highest BCUT2D eigenvalue weighted by atomic mass is 19.1. The monoisotopic (exact) mass is 275 g/mol. The molecule has 106 valence electrons. The van der Waals surface area contributed by atoms with Crippen molar-refractivity contribution in [1.82, 2.24) is 9.97 Å². The molecule has 1 aromatic carbocycles. The molecule has 0 atom stereocenters. The van der Waals surface area contributed by atoms with Gasteiger partial charge in [0.25, 0.3) is 0 Å². The summed E-state index contributed by atoms with van der Waals surface area (Å²) in [5, 5.41) is 12.7. The van der Waals surface area contributed by atoms with Gasteiger partial charge in [-0.25, -0.2) is 14.4 Å². The van der Waals surface area contributed by atoms with E-state index >= 15 is 0 Å². The number of anilines is 1. The molecule has 5 heteroatoms. The molecule has 1 aromatic heterocycles. The van der Waals surface area contributed by atoms with Crippen LogP contribution in [0.2, 0.25) is 0 Å². The second-order valence-corrected chi connectivity index (χ2v) is 4.78. The molecule has 0 spiro atoms. The van der Waals surface area contributed by atoms with Crippen LogP contribution in [0.3, 0.4) is 0 Å². The van der Waals surface area contributed by atoms with Gasteiger partial charge < -0.3 is 10.4 Å². The van der Waals surface area contributed by atoms with Crippen LogP contribution in [0.25, 0.3) is 11.4 Å². The van der Waals surface area contributed by atoms with Gasteiger partial charge in [-0.1, -0.05) is 0 Å². The van der Waals surface area contributed by atoms with Crippen LogP contribution in [0.5, 0.6) is 5.75 Å². The van der Waals surface area contributed by atoms with Gasteiger partial charge >= 0.3 is 0 Å². The van der Waals surface area contributed by atoms with E-state index < -0.39 is 5.82 Å². The van der Waals surface area contributed by atoms with E-state index in [1.165, 1.54) is 0 Å². The van der Waals surface area contributed by atoms with Crippen LogP contribution in [0.15, 0.2) is 12.1 Å². The van der Waals surface area contributed by atoms with E-state index in [-0.39, 0.29) is 11.6 Å². The van der Waals surface area contributed by atoms with E-state index in [2.05, 4.69) is 15.3 Å². The van der Waals surface area contributed by atoms with Crippen molar-refractivity contribution in [1.29, 1.82) is 0 Å². The average Bonchev–Trinajstić information content (AvgIpc) is 2.40. The van der Waals surface area contributed by atoms with Gasteiger partial charge in [0.15, 0.2) is 17.5 Å². The number of phenols is 1. The Balaban J connectivity index is 2.58. The molecule has 0 radical (unpaired) electrons. The fourth-order valence-corrected chi connectivity index (χ4v) is 2.06. The minimum Gasteiger partial charge on any atom is -0.507 e. The van der Waals surface area contributed by atoms with Crippen molar-refractivity contribution in [3.05, 3.63) is 34.8 Å². The lowest BCUT2D eigenvalue weighted by molar-refractivity contribution is 0.467. The van der Waals surface area contributed by atoms with Crippen molar-refractivity contribution in [3.8, 4) is 17.1 Å². The molecule has 0 bridgehead atoms. The number of aryl methyl sites for hydroxylation is 3. The molecule has 0 saturated carbocycles. The van der Waals surface area contributed by atoms with Crippen LogP contribution in [-0.2, 0) is 0 Å². The minimum atomic E-state index is -0.428. The predicted octanol–water partition coefficient (Wildman–Crippen LogP) is 3.35. The van der Waals surface area contributed by atoms with Gasteiger partial charge in [0.1, 0.15) is 5.75 Å². The Labute approximate surface area is 117 Å². The molecule has 20 heavy (non-hydrogen) atoms. The zero-order chi connectivity index (χ0) is 14.9. The van der Waals surface area contributed by atoms with Gasteiger partial charge in [0.2, 0.25) is 0 Å². The largest absolute Gasteiger partial charge is 0.507 e. The van der Waals surface area contributed by atoms with Crippen molar-refractivity contribution in [2.75, 3.05) is 11.9 Å². The topological polar surface area (TPSA) is 58.0 Å². The number of rotatable bonds is 3. The molecule has 2 N–H and O–H groups in total. The molecule has 2 aromatic rings. The maximum Gasteiger partial charge on any atom is 0.186 e. The number of nitrogens with one attached hydrogen (secondary N) is 1. The fourth-order valence-electron chi connectivity index (χ4n) is 2.06. The number of halogens is 1.